The summed E-state index contributed by atoms with van der Waals surface area (Å²) >= 11 is 6.14. The SMILES string of the molecule is CCOc1ccc(S(=O)(=O)Nc2cc(C(=O)NC(C)C)ccc2Cl)cc1OCC. The number of carbonyl (C=O) groups excluding carboxylic acids is 1. The molecule has 158 valence electrons. The Morgan fingerprint density at radius 1 is 1.03 bits per heavy atom. The number of halogens is 1. The highest BCUT2D eigenvalue weighted by molar-refractivity contribution is 7.92. The molecule has 2 N–H and O–H groups in total. The summed E-state index contributed by atoms with van der Waals surface area (Å²) in [7, 11) is -3.98. The van der Waals surface area contributed by atoms with Crippen LogP contribution in [0.15, 0.2) is 41.3 Å². The number of ether oxygens (including phenoxy) is 2. The molecule has 0 atom stereocenters. The number of carbonyl (C=O) groups is 1. The molecule has 0 heterocycles. The van der Waals surface area contributed by atoms with Gasteiger partial charge < -0.3 is 14.8 Å². The molecule has 2 aromatic rings. The fourth-order valence-electron chi connectivity index (χ4n) is 2.49. The summed E-state index contributed by atoms with van der Waals surface area (Å²) in [6.07, 6.45) is 0. The van der Waals surface area contributed by atoms with Gasteiger partial charge in [0.25, 0.3) is 15.9 Å². The standard InChI is InChI=1S/C20H25ClN2O5S/c1-5-27-18-10-8-15(12-19(18)28-6-2)29(25,26)23-17-11-14(7-9-16(17)21)20(24)22-13(3)4/h7-13,23H,5-6H2,1-4H3,(H,22,24). The first kappa shape index (κ1) is 22.8. The number of hydrogen-bond acceptors (Lipinski definition) is 5. The largest absolute Gasteiger partial charge is 0.490 e. The average Bonchev–Trinajstić information content (AvgIpc) is 2.64. The zero-order valence-corrected chi connectivity index (χ0v) is 18.4. The average molecular weight is 441 g/mol. The molecule has 0 unspecified atom stereocenters. The second-order valence-corrected chi connectivity index (χ2v) is 8.49. The molecule has 0 fully saturated rings. The molecule has 0 aliphatic carbocycles. The zero-order chi connectivity index (χ0) is 21.6. The van der Waals surface area contributed by atoms with Gasteiger partial charge in [0.15, 0.2) is 11.5 Å². The van der Waals surface area contributed by atoms with Crippen LogP contribution >= 0.6 is 11.6 Å². The van der Waals surface area contributed by atoms with Gasteiger partial charge in [0.05, 0.1) is 28.8 Å². The van der Waals surface area contributed by atoms with Gasteiger partial charge in [0, 0.05) is 17.7 Å². The van der Waals surface area contributed by atoms with Gasteiger partial charge in [-0.1, -0.05) is 11.6 Å². The van der Waals surface area contributed by atoms with Crippen molar-refractivity contribution in [3.05, 3.63) is 47.0 Å². The van der Waals surface area contributed by atoms with Crippen LogP contribution in [-0.4, -0.2) is 33.6 Å². The summed E-state index contributed by atoms with van der Waals surface area (Å²) in [5, 5.41) is 2.92. The highest BCUT2D eigenvalue weighted by Gasteiger charge is 2.20. The molecule has 29 heavy (non-hydrogen) atoms. The van der Waals surface area contributed by atoms with Gasteiger partial charge in [0.1, 0.15) is 0 Å². The van der Waals surface area contributed by atoms with Crippen molar-refractivity contribution >= 4 is 33.2 Å². The van der Waals surface area contributed by atoms with Crippen molar-refractivity contribution in [2.24, 2.45) is 0 Å². The minimum absolute atomic E-state index is 0.0162. The highest BCUT2D eigenvalue weighted by Crippen LogP contribution is 2.32. The lowest BCUT2D eigenvalue weighted by Crippen LogP contribution is -2.30. The summed E-state index contributed by atoms with van der Waals surface area (Å²) in [4.78, 5) is 12.2. The summed E-state index contributed by atoms with van der Waals surface area (Å²) in [5.74, 6) is 0.462. The molecule has 0 saturated carbocycles. The van der Waals surface area contributed by atoms with Crippen LogP contribution in [0.3, 0.4) is 0 Å². The van der Waals surface area contributed by atoms with Crippen LogP contribution in [0.5, 0.6) is 11.5 Å². The first-order valence-electron chi connectivity index (χ1n) is 9.20. The maximum atomic E-state index is 12.9. The molecule has 0 saturated heterocycles. The molecular weight excluding hydrogens is 416 g/mol. The second-order valence-electron chi connectivity index (χ2n) is 6.40. The molecule has 9 heteroatoms. The van der Waals surface area contributed by atoms with Crippen molar-refractivity contribution in [1.29, 1.82) is 0 Å². The quantitative estimate of drug-likeness (QED) is 0.612. The minimum Gasteiger partial charge on any atom is -0.490 e. The Hall–Kier alpha value is -2.45. The lowest BCUT2D eigenvalue weighted by atomic mass is 10.2. The number of amides is 1. The van der Waals surface area contributed by atoms with E-state index in [-0.39, 0.29) is 27.6 Å². The molecule has 1 amide bonds. The van der Waals surface area contributed by atoms with Gasteiger partial charge >= 0.3 is 0 Å². The van der Waals surface area contributed by atoms with Crippen molar-refractivity contribution in [1.82, 2.24) is 5.32 Å². The zero-order valence-electron chi connectivity index (χ0n) is 16.8. The van der Waals surface area contributed by atoms with Crippen LogP contribution in [0.4, 0.5) is 5.69 Å². The Kier molecular flexibility index (Phi) is 7.75. The van der Waals surface area contributed by atoms with E-state index in [1.54, 1.807) is 6.92 Å². The first-order valence-corrected chi connectivity index (χ1v) is 11.1. The van der Waals surface area contributed by atoms with Crippen molar-refractivity contribution in [3.63, 3.8) is 0 Å². The summed E-state index contributed by atoms with van der Waals surface area (Å²) in [6.45, 7) is 8.06. The van der Waals surface area contributed by atoms with Gasteiger partial charge in [-0.2, -0.15) is 0 Å². The van der Waals surface area contributed by atoms with E-state index in [0.29, 0.717) is 30.3 Å². The van der Waals surface area contributed by atoms with Crippen molar-refractivity contribution < 1.29 is 22.7 Å². The predicted molar refractivity (Wildman–Crippen MR) is 114 cm³/mol. The maximum Gasteiger partial charge on any atom is 0.262 e. The number of benzene rings is 2. The number of hydrogen-bond donors (Lipinski definition) is 2. The molecule has 0 spiro atoms. The Balaban J connectivity index is 2.36. The molecule has 2 rings (SSSR count). The third kappa shape index (κ3) is 6.01. The molecule has 2 aromatic carbocycles. The van der Waals surface area contributed by atoms with Gasteiger partial charge in [-0.3, -0.25) is 9.52 Å². The van der Waals surface area contributed by atoms with Crippen LogP contribution < -0.4 is 19.5 Å². The van der Waals surface area contributed by atoms with Crippen molar-refractivity contribution in [3.8, 4) is 11.5 Å². The summed E-state index contributed by atoms with van der Waals surface area (Å²) < 4.78 is 39.1. The van der Waals surface area contributed by atoms with E-state index in [2.05, 4.69) is 10.0 Å². The Bertz CT molecular complexity index is 977. The van der Waals surface area contributed by atoms with E-state index in [4.69, 9.17) is 21.1 Å². The van der Waals surface area contributed by atoms with Gasteiger partial charge in [0.2, 0.25) is 0 Å². The maximum absolute atomic E-state index is 12.9. The third-order valence-corrected chi connectivity index (χ3v) is 5.41. The van der Waals surface area contributed by atoms with Crippen LogP contribution in [-0.2, 0) is 10.0 Å². The molecule has 7 nitrogen and oxygen atoms in total. The molecule has 0 aromatic heterocycles. The predicted octanol–water partition coefficient (Wildman–Crippen LogP) is 4.08. The summed E-state index contributed by atoms with van der Waals surface area (Å²) in [6, 6.07) is 8.69. The van der Waals surface area contributed by atoms with Crippen LogP contribution in [0.25, 0.3) is 0 Å². The lowest BCUT2D eigenvalue weighted by Gasteiger charge is -2.15. The van der Waals surface area contributed by atoms with Crippen LogP contribution in [0.1, 0.15) is 38.1 Å². The monoisotopic (exact) mass is 440 g/mol. The number of nitrogens with one attached hydrogen (secondary N) is 2. The van der Waals surface area contributed by atoms with E-state index < -0.39 is 10.0 Å². The number of anilines is 1. The number of rotatable bonds is 9. The third-order valence-electron chi connectivity index (χ3n) is 3.72. The Morgan fingerprint density at radius 3 is 2.31 bits per heavy atom. The van der Waals surface area contributed by atoms with Crippen molar-refractivity contribution in [2.75, 3.05) is 17.9 Å². The molecular formula is C20H25ClN2O5S. The summed E-state index contributed by atoms with van der Waals surface area (Å²) in [5.41, 5.74) is 0.400. The number of sulfonamides is 1. The van der Waals surface area contributed by atoms with Gasteiger partial charge in [-0.25, -0.2) is 8.42 Å². The second kappa shape index (κ2) is 9.84. The van der Waals surface area contributed by atoms with E-state index in [0.717, 1.165) is 0 Å². The van der Waals surface area contributed by atoms with E-state index in [1.807, 2.05) is 20.8 Å². The topological polar surface area (TPSA) is 93.7 Å². The van der Waals surface area contributed by atoms with Crippen molar-refractivity contribution in [2.45, 2.75) is 38.6 Å². The Morgan fingerprint density at radius 2 is 1.69 bits per heavy atom. The molecule has 0 radical (unpaired) electrons. The Labute approximate surface area is 176 Å². The highest BCUT2D eigenvalue weighted by atomic mass is 35.5. The molecule has 0 aliphatic heterocycles. The first-order chi connectivity index (χ1) is 13.7. The van der Waals surface area contributed by atoms with E-state index in [1.165, 1.54) is 36.4 Å². The minimum atomic E-state index is -3.98. The van der Waals surface area contributed by atoms with E-state index in [9.17, 15) is 13.2 Å². The van der Waals surface area contributed by atoms with Gasteiger partial charge in [-0.15, -0.1) is 0 Å². The normalized spacial score (nSPS) is 11.2. The van der Waals surface area contributed by atoms with E-state index >= 15 is 0 Å². The molecule has 0 bridgehead atoms. The molecule has 0 aliphatic rings. The van der Waals surface area contributed by atoms with Crippen LogP contribution in [0, 0.1) is 0 Å². The fourth-order valence-corrected chi connectivity index (χ4v) is 3.80. The smallest absolute Gasteiger partial charge is 0.262 e. The van der Waals surface area contributed by atoms with Crippen LogP contribution in [0.2, 0.25) is 5.02 Å². The lowest BCUT2D eigenvalue weighted by molar-refractivity contribution is 0.0943. The fraction of sp³-hybridized carbons (Fsp3) is 0.350. The van der Waals surface area contributed by atoms with Gasteiger partial charge in [-0.05, 0) is 58.0 Å².